The number of anilines is 1. The van der Waals surface area contributed by atoms with Gasteiger partial charge in [-0.05, 0) is 57.0 Å². The average molecular weight is 586 g/mol. The summed E-state index contributed by atoms with van der Waals surface area (Å²) in [5, 5.41) is 30.4. The average Bonchev–Trinajstić information content (AvgIpc) is 3.30. The second-order valence-electron chi connectivity index (χ2n) is 9.45. The quantitative estimate of drug-likeness (QED) is 0.189. The van der Waals surface area contributed by atoms with E-state index in [1.165, 1.54) is 18.2 Å². The second kappa shape index (κ2) is 11.8. The number of nitro benzene ring substituents is 1. The molecule has 0 spiro atoms. The molecule has 0 bridgehead atoms. The zero-order valence-corrected chi connectivity index (χ0v) is 22.0. The van der Waals surface area contributed by atoms with Gasteiger partial charge in [0.15, 0.2) is 0 Å². The maximum Gasteiger partial charge on any atom is 0.416 e. The lowest BCUT2D eigenvalue weighted by Gasteiger charge is -2.28. The Hall–Kier alpha value is -4.34. The Morgan fingerprint density at radius 1 is 1.15 bits per heavy atom. The monoisotopic (exact) mass is 585 g/mol. The fourth-order valence-corrected chi connectivity index (χ4v) is 4.29. The van der Waals surface area contributed by atoms with Crippen molar-refractivity contribution in [3.63, 3.8) is 0 Å². The number of hydrogen-bond donors (Lipinski definition) is 2. The van der Waals surface area contributed by atoms with Crippen LogP contribution in [-0.2, 0) is 17.3 Å². The van der Waals surface area contributed by atoms with Gasteiger partial charge in [-0.15, -0.1) is 10.2 Å². The van der Waals surface area contributed by atoms with Crippen molar-refractivity contribution in [1.82, 2.24) is 15.5 Å². The molecule has 1 heterocycles. The summed E-state index contributed by atoms with van der Waals surface area (Å²) < 4.78 is 58.4. The highest BCUT2D eigenvalue weighted by Gasteiger charge is 2.32. The molecule has 3 aromatic rings. The van der Waals surface area contributed by atoms with Crippen molar-refractivity contribution in [3.05, 3.63) is 69.5 Å². The third kappa shape index (κ3) is 8.08. The van der Waals surface area contributed by atoms with E-state index in [0.717, 1.165) is 40.5 Å². The van der Waals surface area contributed by atoms with E-state index in [1.807, 2.05) is 0 Å². The molecule has 0 saturated heterocycles. The first-order chi connectivity index (χ1) is 18.5. The standard InChI is InChI=1S/C24H23F4N5O6S/c1-23(2,3)39-22(36)32(20-31-30-19(40-20)14-6-9-18(33(37)38)17(25)11-14)12-16(29-21(34)35)10-13-4-7-15(8-5-13)24(26,27)28/h4-9,11,16,29H,10,12H2,1-3H3,(H,34,35)/t16-/m0/s1. The molecule has 0 saturated carbocycles. The van der Waals surface area contributed by atoms with Gasteiger partial charge in [0.2, 0.25) is 10.9 Å². The van der Waals surface area contributed by atoms with Gasteiger partial charge in [0.1, 0.15) is 10.6 Å². The topological polar surface area (TPSA) is 148 Å². The number of nitrogens with zero attached hydrogens (tertiary/aromatic N) is 4. The molecule has 11 nitrogen and oxygen atoms in total. The highest BCUT2D eigenvalue weighted by atomic mass is 32.1. The molecule has 0 aliphatic rings. The smallest absolute Gasteiger partial charge is 0.416 e. The number of nitro groups is 1. The predicted octanol–water partition coefficient (Wildman–Crippen LogP) is 5.89. The number of hydrogen-bond acceptors (Lipinski definition) is 8. The van der Waals surface area contributed by atoms with Crippen LogP contribution in [0.15, 0.2) is 42.5 Å². The van der Waals surface area contributed by atoms with Gasteiger partial charge in [-0.3, -0.25) is 10.1 Å². The van der Waals surface area contributed by atoms with Crippen LogP contribution in [0, 0.1) is 15.9 Å². The largest absolute Gasteiger partial charge is 0.465 e. The Morgan fingerprint density at radius 3 is 2.33 bits per heavy atom. The van der Waals surface area contributed by atoms with Crippen molar-refractivity contribution in [2.45, 2.75) is 45.0 Å². The molecular weight excluding hydrogens is 562 g/mol. The highest BCUT2D eigenvalue weighted by molar-refractivity contribution is 7.18. The van der Waals surface area contributed by atoms with Crippen molar-refractivity contribution in [2.24, 2.45) is 0 Å². The maximum atomic E-state index is 14.2. The number of carboxylic acid groups (broad SMARTS) is 1. The van der Waals surface area contributed by atoms with E-state index in [-0.39, 0.29) is 28.7 Å². The minimum absolute atomic E-state index is 0.0624. The lowest BCUT2D eigenvalue weighted by Crippen LogP contribution is -2.48. The second-order valence-corrected chi connectivity index (χ2v) is 10.4. The molecule has 2 aromatic carbocycles. The molecule has 0 fully saturated rings. The van der Waals surface area contributed by atoms with E-state index in [9.17, 15) is 42.4 Å². The van der Waals surface area contributed by atoms with Crippen LogP contribution in [0.2, 0.25) is 0 Å². The van der Waals surface area contributed by atoms with E-state index in [0.29, 0.717) is 5.56 Å². The van der Waals surface area contributed by atoms with Gasteiger partial charge in [0, 0.05) is 11.6 Å². The summed E-state index contributed by atoms with van der Waals surface area (Å²) in [6, 6.07) is 6.19. The Kier molecular flexibility index (Phi) is 8.92. The van der Waals surface area contributed by atoms with E-state index < -0.39 is 52.0 Å². The molecule has 1 aromatic heterocycles. The number of ether oxygens (including phenoxy) is 1. The summed E-state index contributed by atoms with van der Waals surface area (Å²) in [5.41, 5.74) is -2.09. The highest BCUT2D eigenvalue weighted by Crippen LogP contribution is 2.33. The van der Waals surface area contributed by atoms with Crippen LogP contribution in [0.1, 0.15) is 31.9 Å². The third-order valence-corrected chi connectivity index (χ3v) is 6.14. The predicted molar refractivity (Wildman–Crippen MR) is 136 cm³/mol. The molecule has 0 radical (unpaired) electrons. The Bertz CT molecular complexity index is 1390. The molecule has 2 amide bonds. The lowest BCUT2D eigenvalue weighted by atomic mass is 10.0. The van der Waals surface area contributed by atoms with Crippen LogP contribution >= 0.6 is 11.3 Å². The number of benzene rings is 2. The van der Waals surface area contributed by atoms with Gasteiger partial charge >= 0.3 is 24.1 Å². The molecule has 3 rings (SSSR count). The Balaban J connectivity index is 1.93. The summed E-state index contributed by atoms with van der Waals surface area (Å²) in [6.07, 6.45) is -7.01. The Morgan fingerprint density at radius 2 is 1.80 bits per heavy atom. The lowest BCUT2D eigenvalue weighted by molar-refractivity contribution is -0.387. The van der Waals surface area contributed by atoms with Crippen molar-refractivity contribution in [2.75, 3.05) is 11.4 Å². The maximum absolute atomic E-state index is 14.2. The van der Waals surface area contributed by atoms with Gasteiger partial charge in [-0.25, -0.2) is 14.5 Å². The first-order valence-electron chi connectivity index (χ1n) is 11.5. The number of aromatic nitrogens is 2. The van der Waals surface area contributed by atoms with Crippen LogP contribution in [0.4, 0.5) is 38.0 Å². The van der Waals surface area contributed by atoms with Crippen molar-refractivity contribution in [1.29, 1.82) is 0 Å². The summed E-state index contributed by atoms with van der Waals surface area (Å²) in [5.74, 6) is -1.11. The number of amides is 2. The molecule has 1 atom stereocenters. The van der Waals surface area contributed by atoms with Gasteiger partial charge in [0.25, 0.3) is 0 Å². The Labute approximate surface area is 228 Å². The zero-order chi connectivity index (χ0) is 29.8. The van der Waals surface area contributed by atoms with Crippen molar-refractivity contribution >= 4 is 34.3 Å². The molecule has 16 heteroatoms. The molecule has 214 valence electrons. The van der Waals surface area contributed by atoms with Gasteiger partial charge in [-0.2, -0.15) is 17.6 Å². The van der Waals surface area contributed by atoms with Gasteiger partial charge in [0.05, 0.1) is 23.1 Å². The van der Waals surface area contributed by atoms with Crippen molar-refractivity contribution in [3.8, 4) is 10.6 Å². The number of rotatable bonds is 8. The molecule has 0 unspecified atom stereocenters. The van der Waals surface area contributed by atoms with Crippen LogP contribution in [-0.4, -0.2) is 50.6 Å². The third-order valence-electron chi connectivity index (χ3n) is 5.14. The zero-order valence-electron chi connectivity index (χ0n) is 21.2. The SMILES string of the molecule is CC(C)(C)OC(=O)N(C[C@H](Cc1ccc(C(F)(F)F)cc1)NC(=O)O)c1nnc(-c2ccc([N+](=O)[O-])c(F)c2)s1. The fourth-order valence-electron chi connectivity index (χ4n) is 3.45. The van der Waals surface area contributed by atoms with Crippen LogP contribution in [0.5, 0.6) is 0 Å². The normalized spacial score (nSPS) is 12.5. The number of carbonyl (C=O) groups is 2. The summed E-state index contributed by atoms with van der Waals surface area (Å²) in [4.78, 5) is 35.6. The van der Waals surface area contributed by atoms with Crippen LogP contribution < -0.4 is 10.2 Å². The molecule has 2 N–H and O–H groups in total. The van der Waals surface area contributed by atoms with E-state index in [1.54, 1.807) is 20.8 Å². The first kappa shape index (κ1) is 30.2. The molecule has 0 aliphatic carbocycles. The van der Waals surface area contributed by atoms with Crippen molar-refractivity contribution < 1.29 is 41.9 Å². The molecule has 0 aliphatic heterocycles. The van der Waals surface area contributed by atoms with E-state index in [2.05, 4.69) is 15.5 Å². The number of carbonyl (C=O) groups excluding carboxylic acids is 1. The number of halogens is 4. The minimum atomic E-state index is -4.55. The summed E-state index contributed by atoms with van der Waals surface area (Å²) in [7, 11) is 0. The first-order valence-corrected chi connectivity index (χ1v) is 12.3. The van der Waals surface area contributed by atoms with Gasteiger partial charge < -0.3 is 15.2 Å². The van der Waals surface area contributed by atoms with Crippen LogP contribution in [0.3, 0.4) is 0 Å². The van der Waals surface area contributed by atoms with E-state index >= 15 is 0 Å². The van der Waals surface area contributed by atoms with Crippen LogP contribution in [0.25, 0.3) is 10.6 Å². The molecule has 40 heavy (non-hydrogen) atoms. The van der Waals surface area contributed by atoms with Gasteiger partial charge in [-0.1, -0.05) is 23.5 Å². The van der Waals surface area contributed by atoms with E-state index in [4.69, 9.17) is 4.74 Å². The fraction of sp³-hybridized carbons (Fsp3) is 0.333. The molecular formula is C24H23F4N5O6S. The number of nitrogens with one attached hydrogen (secondary N) is 1. The number of alkyl halides is 3. The summed E-state index contributed by atoms with van der Waals surface area (Å²) >= 11 is 0.809. The minimum Gasteiger partial charge on any atom is -0.465 e. The summed E-state index contributed by atoms with van der Waals surface area (Å²) in [6.45, 7) is 4.45.